The Hall–Kier alpha value is -2.25. The van der Waals surface area contributed by atoms with E-state index in [9.17, 15) is 19.1 Å². The average molecular weight is 348 g/mol. The fourth-order valence-electron chi connectivity index (χ4n) is 3.34. The molecule has 7 heteroatoms. The minimum atomic E-state index is -0.896. The van der Waals surface area contributed by atoms with Gasteiger partial charge >= 0.3 is 0 Å². The van der Waals surface area contributed by atoms with Gasteiger partial charge in [-0.25, -0.2) is 4.39 Å². The van der Waals surface area contributed by atoms with Gasteiger partial charge in [0.2, 0.25) is 0 Å². The number of rotatable bonds is 5. The lowest BCUT2D eigenvalue weighted by molar-refractivity contribution is -0.129. The summed E-state index contributed by atoms with van der Waals surface area (Å²) < 4.78 is 19.6. The highest BCUT2D eigenvalue weighted by molar-refractivity contribution is 6.08. The molecule has 2 heterocycles. The van der Waals surface area contributed by atoms with Crippen molar-refractivity contribution in [3.8, 4) is 0 Å². The fraction of sp³-hybridized carbons (Fsp3) is 0.444. The van der Waals surface area contributed by atoms with E-state index in [2.05, 4.69) is 4.90 Å². The molecule has 134 valence electrons. The predicted octanol–water partition coefficient (Wildman–Crippen LogP) is 1.44. The van der Waals surface area contributed by atoms with Gasteiger partial charge in [-0.1, -0.05) is 18.2 Å². The Morgan fingerprint density at radius 2 is 1.96 bits per heavy atom. The molecular formula is C18H21FN2O4. The van der Waals surface area contributed by atoms with Crippen LogP contribution in [-0.4, -0.2) is 66.0 Å². The topological polar surface area (TPSA) is 70.1 Å². The Bertz CT molecular complexity index is 713. The molecule has 1 N–H and O–H groups in total. The maximum Gasteiger partial charge on any atom is 0.290 e. The summed E-state index contributed by atoms with van der Waals surface area (Å²) in [5.41, 5.74) is 0.171. The smallest absolute Gasteiger partial charge is 0.290 e. The van der Waals surface area contributed by atoms with Crippen molar-refractivity contribution < 1.29 is 23.8 Å². The molecule has 1 aromatic rings. The predicted molar refractivity (Wildman–Crippen MR) is 88.4 cm³/mol. The van der Waals surface area contributed by atoms with Crippen LogP contribution < -0.4 is 0 Å². The number of morpholine rings is 1. The van der Waals surface area contributed by atoms with Crippen LogP contribution in [-0.2, 0) is 14.3 Å². The highest BCUT2D eigenvalue weighted by Crippen LogP contribution is 2.38. The Labute approximate surface area is 145 Å². The third kappa shape index (κ3) is 3.43. The van der Waals surface area contributed by atoms with Gasteiger partial charge in [0.1, 0.15) is 5.82 Å². The number of carbonyl (C=O) groups is 2. The van der Waals surface area contributed by atoms with E-state index < -0.39 is 29.3 Å². The van der Waals surface area contributed by atoms with E-state index in [1.807, 2.05) is 0 Å². The summed E-state index contributed by atoms with van der Waals surface area (Å²) in [4.78, 5) is 28.0. The van der Waals surface area contributed by atoms with Crippen LogP contribution in [0, 0.1) is 5.82 Å². The van der Waals surface area contributed by atoms with Gasteiger partial charge in [-0.3, -0.25) is 14.5 Å². The summed E-state index contributed by atoms with van der Waals surface area (Å²) in [7, 11) is 0. The molecule has 0 bridgehead atoms. The molecule has 3 rings (SSSR count). The van der Waals surface area contributed by atoms with Gasteiger partial charge in [-0.15, -0.1) is 0 Å². The average Bonchev–Trinajstić information content (AvgIpc) is 2.85. The first kappa shape index (κ1) is 17.6. The summed E-state index contributed by atoms with van der Waals surface area (Å²) in [6, 6.07) is 5.12. The van der Waals surface area contributed by atoms with Crippen LogP contribution in [0.25, 0.3) is 0 Å². The van der Waals surface area contributed by atoms with Crippen molar-refractivity contribution in [2.45, 2.75) is 13.0 Å². The molecule has 1 atom stereocenters. The molecule has 0 saturated carbocycles. The highest BCUT2D eigenvalue weighted by Gasteiger charge is 2.43. The van der Waals surface area contributed by atoms with Gasteiger partial charge in [0.15, 0.2) is 11.5 Å². The van der Waals surface area contributed by atoms with Crippen LogP contribution in [0.1, 0.15) is 18.5 Å². The van der Waals surface area contributed by atoms with Crippen LogP contribution in [0.4, 0.5) is 4.39 Å². The first-order valence-corrected chi connectivity index (χ1v) is 8.30. The second-order valence-corrected chi connectivity index (χ2v) is 6.20. The van der Waals surface area contributed by atoms with E-state index in [1.54, 1.807) is 12.1 Å². The number of aliphatic hydroxyl groups excluding tert-OH is 1. The molecule has 25 heavy (non-hydrogen) atoms. The Balaban J connectivity index is 1.88. The molecular weight excluding hydrogens is 327 g/mol. The zero-order valence-corrected chi connectivity index (χ0v) is 14.1. The lowest BCUT2D eigenvalue weighted by Crippen LogP contribution is -2.43. The van der Waals surface area contributed by atoms with Gasteiger partial charge in [0.05, 0.1) is 24.8 Å². The third-order valence-electron chi connectivity index (χ3n) is 4.64. The number of hydrogen-bond acceptors (Lipinski definition) is 5. The second kappa shape index (κ2) is 7.33. The fourth-order valence-corrected chi connectivity index (χ4v) is 3.34. The van der Waals surface area contributed by atoms with Gasteiger partial charge in [-0.2, -0.15) is 0 Å². The quantitative estimate of drug-likeness (QED) is 0.872. The Morgan fingerprint density at radius 1 is 1.28 bits per heavy atom. The van der Waals surface area contributed by atoms with Crippen LogP contribution >= 0.6 is 0 Å². The third-order valence-corrected chi connectivity index (χ3v) is 4.64. The van der Waals surface area contributed by atoms with E-state index >= 15 is 0 Å². The number of carbonyl (C=O) groups excluding carboxylic acids is 2. The molecule has 1 aromatic carbocycles. The molecule has 1 fully saturated rings. The number of halogens is 1. The normalized spacial score (nSPS) is 21.9. The van der Waals surface area contributed by atoms with Crippen LogP contribution in [0.5, 0.6) is 0 Å². The van der Waals surface area contributed by atoms with Crippen molar-refractivity contribution in [3.05, 3.63) is 47.0 Å². The second-order valence-electron chi connectivity index (χ2n) is 6.20. The molecule has 0 radical (unpaired) electrons. The number of ketones is 1. The van der Waals surface area contributed by atoms with Gasteiger partial charge in [-0.05, 0) is 13.0 Å². The SMILES string of the molecule is CC(=O)C1=C(O)C(=O)N(CCN2CCOCC2)[C@@H]1c1ccccc1F. The minimum absolute atomic E-state index is 0.0444. The Kier molecular flexibility index (Phi) is 5.15. The van der Waals surface area contributed by atoms with E-state index in [4.69, 9.17) is 4.74 Å². The van der Waals surface area contributed by atoms with E-state index in [1.165, 1.54) is 24.0 Å². The van der Waals surface area contributed by atoms with Crippen LogP contribution in [0.2, 0.25) is 0 Å². The van der Waals surface area contributed by atoms with Gasteiger partial charge in [0, 0.05) is 31.7 Å². The van der Waals surface area contributed by atoms with E-state index in [0.717, 1.165) is 13.1 Å². The van der Waals surface area contributed by atoms with Crippen LogP contribution in [0.3, 0.4) is 0 Å². The molecule has 1 saturated heterocycles. The monoisotopic (exact) mass is 348 g/mol. The lowest BCUT2D eigenvalue weighted by atomic mass is 9.96. The Morgan fingerprint density at radius 3 is 2.60 bits per heavy atom. The number of ether oxygens (including phenoxy) is 1. The minimum Gasteiger partial charge on any atom is -0.503 e. The molecule has 1 amide bonds. The summed E-state index contributed by atoms with van der Waals surface area (Å²) in [6.07, 6.45) is 0. The first-order chi connectivity index (χ1) is 12.0. The maximum absolute atomic E-state index is 14.3. The summed E-state index contributed by atoms with van der Waals surface area (Å²) in [6.45, 7) is 4.91. The van der Waals surface area contributed by atoms with Crippen molar-refractivity contribution in [2.75, 3.05) is 39.4 Å². The number of amides is 1. The van der Waals surface area contributed by atoms with Gasteiger partial charge < -0.3 is 14.7 Å². The zero-order valence-electron chi connectivity index (χ0n) is 14.1. The molecule has 2 aliphatic heterocycles. The number of Topliss-reactive ketones (excluding diaryl/α,β-unsaturated/α-hetero) is 1. The first-order valence-electron chi connectivity index (χ1n) is 8.30. The number of aliphatic hydroxyl groups is 1. The number of nitrogens with zero attached hydrogens (tertiary/aromatic N) is 2. The molecule has 0 aromatic heterocycles. The van der Waals surface area contributed by atoms with Crippen molar-refractivity contribution in [3.63, 3.8) is 0 Å². The van der Waals surface area contributed by atoms with Crippen molar-refractivity contribution >= 4 is 11.7 Å². The maximum atomic E-state index is 14.3. The number of benzene rings is 1. The molecule has 2 aliphatic rings. The number of hydrogen-bond donors (Lipinski definition) is 1. The van der Waals surface area contributed by atoms with Crippen molar-refractivity contribution in [2.24, 2.45) is 0 Å². The molecule has 6 nitrogen and oxygen atoms in total. The van der Waals surface area contributed by atoms with Gasteiger partial charge in [0.25, 0.3) is 5.91 Å². The van der Waals surface area contributed by atoms with Crippen molar-refractivity contribution in [1.29, 1.82) is 0 Å². The summed E-state index contributed by atoms with van der Waals surface area (Å²) in [5, 5.41) is 10.2. The largest absolute Gasteiger partial charge is 0.503 e. The van der Waals surface area contributed by atoms with Crippen LogP contribution in [0.15, 0.2) is 35.6 Å². The van der Waals surface area contributed by atoms with E-state index in [0.29, 0.717) is 26.3 Å². The standard InChI is InChI=1S/C18H21FN2O4/c1-12(22)15-16(13-4-2-3-5-14(13)19)21(18(24)17(15)23)7-6-20-8-10-25-11-9-20/h2-5,16,23H,6-11H2,1H3/t16-/m1/s1. The lowest BCUT2D eigenvalue weighted by Gasteiger charge is -2.31. The molecule has 0 spiro atoms. The highest BCUT2D eigenvalue weighted by atomic mass is 19.1. The molecule has 0 unspecified atom stereocenters. The van der Waals surface area contributed by atoms with E-state index in [-0.39, 0.29) is 11.1 Å². The zero-order chi connectivity index (χ0) is 18.0. The van der Waals surface area contributed by atoms with Crippen molar-refractivity contribution in [1.82, 2.24) is 9.80 Å². The summed E-state index contributed by atoms with van der Waals surface area (Å²) in [5.74, 6) is -2.16. The summed E-state index contributed by atoms with van der Waals surface area (Å²) >= 11 is 0. The molecule has 0 aliphatic carbocycles.